The summed E-state index contributed by atoms with van der Waals surface area (Å²) in [4.78, 5) is 48.6. The van der Waals surface area contributed by atoms with Gasteiger partial charge in [-0.3, -0.25) is 9.59 Å². The maximum Gasteiger partial charge on any atom is 0.338 e. The molecule has 0 aromatic heterocycles. The number of esters is 1. The largest absolute Gasteiger partial charge is 0.460 e. The second-order valence-electron chi connectivity index (χ2n) is 9.45. The smallest absolute Gasteiger partial charge is 0.338 e. The lowest BCUT2D eigenvalue weighted by Crippen LogP contribution is -2.50. The van der Waals surface area contributed by atoms with Crippen molar-refractivity contribution in [3.05, 3.63) is 57.3 Å². The summed E-state index contributed by atoms with van der Waals surface area (Å²) in [5.74, 6) is -0.419. The molecule has 2 amide bonds. The molecule has 1 aromatic rings. The predicted octanol–water partition coefficient (Wildman–Crippen LogP) is 3.15. The topological polar surface area (TPSA) is 91.7 Å². The number of ether oxygens (including phenoxy) is 2. The van der Waals surface area contributed by atoms with Gasteiger partial charge in [-0.2, -0.15) is 0 Å². The van der Waals surface area contributed by atoms with Crippen LogP contribution in [0.25, 0.3) is 0 Å². The molecule has 1 aromatic carbocycles. The summed E-state index contributed by atoms with van der Waals surface area (Å²) in [6.45, 7) is 9.96. The zero-order valence-electron chi connectivity index (χ0n) is 22.1. The van der Waals surface area contributed by atoms with Crippen LogP contribution in [0.15, 0.2) is 45.6 Å². The molecule has 1 saturated heterocycles. The summed E-state index contributed by atoms with van der Waals surface area (Å²) < 4.78 is 10.6. The molecule has 9 nitrogen and oxygen atoms in total. The Kier molecular flexibility index (Phi) is 8.39. The first-order chi connectivity index (χ1) is 17.7. The van der Waals surface area contributed by atoms with Crippen LogP contribution < -0.4 is 0 Å². The average molecular weight is 527 g/mol. The summed E-state index contributed by atoms with van der Waals surface area (Å²) in [7, 11) is 1.56. The predicted molar refractivity (Wildman–Crippen MR) is 143 cm³/mol. The van der Waals surface area contributed by atoms with Gasteiger partial charge < -0.3 is 24.2 Å². The van der Waals surface area contributed by atoms with Crippen LogP contribution >= 0.6 is 11.8 Å². The van der Waals surface area contributed by atoms with Crippen molar-refractivity contribution in [1.29, 1.82) is 0 Å². The van der Waals surface area contributed by atoms with E-state index in [1.54, 1.807) is 23.8 Å². The molecule has 0 spiro atoms. The van der Waals surface area contributed by atoms with Gasteiger partial charge in [0.2, 0.25) is 11.8 Å². The number of carbonyl (C=O) groups is 3. The van der Waals surface area contributed by atoms with Gasteiger partial charge in [-0.25, -0.2) is 9.79 Å². The van der Waals surface area contributed by atoms with E-state index in [1.807, 2.05) is 43.2 Å². The van der Waals surface area contributed by atoms with Crippen molar-refractivity contribution in [2.45, 2.75) is 40.2 Å². The number of piperazine rings is 1. The third-order valence-electron chi connectivity index (χ3n) is 6.88. The summed E-state index contributed by atoms with van der Waals surface area (Å²) >= 11 is 1.46. The fraction of sp³-hybridized carbons (Fsp3) is 0.481. The molecule has 198 valence electrons. The highest BCUT2D eigenvalue weighted by atomic mass is 32.2. The Morgan fingerprint density at radius 3 is 2.43 bits per heavy atom. The molecular weight excluding hydrogens is 492 g/mol. The summed E-state index contributed by atoms with van der Waals surface area (Å²) in [5.41, 5.74) is 4.95. The average Bonchev–Trinajstić information content (AvgIpc) is 3.26. The quantitative estimate of drug-likeness (QED) is 0.398. The maximum absolute atomic E-state index is 13.3. The minimum Gasteiger partial charge on any atom is -0.460 e. The monoisotopic (exact) mass is 526 g/mol. The van der Waals surface area contributed by atoms with Crippen LogP contribution in [0, 0.1) is 13.8 Å². The molecule has 1 atom stereocenters. The number of benzene rings is 1. The number of fused-ring (bicyclic) bond motifs is 1. The van der Waals surface area contributed by atoms with Gasteiger partial charge in [0.1, 0.15) is 6.61 Å². The van der Waals surface area contributed by atoms with Gasteiger partial charge in [0.05, 0.1) is 30.3 Å². The molecule has 37 heavy (non-hydrogen) atoms. The lowest BCUT2D eigenvalue weighted by atomic mass is 9.90. The number of carbonyl (C=O) groups excluding carboxylic acids is 3. The van der Waals surface area contributed by atoms with E-state index in [2.05, 4.69) is 6.07 Å². The minimum absolute atomic E-state index is 0.00786. The van der Waals surface area contributed by atoms with Crippen molar-refractivity contribution < 1.29 is 23.9 Å². The molecule has 0 N–H and O–H groups in total. The Hall–Kier alpha value is -3.11. The fourth-order valence-electron chi connectivity index (χ4n) is 4.81. The van der Waals surface area contributed by atoms with E-state index in [1.165, 1.54) is 11.8 Å². The number of nitrogens with zero attached hydrogens (tertiary/aromatic N) is 4. The molecular formula is C27H34N4O5S. The lowest BCUT2D eigenvalue weighted by molar-refractivity contribution is -0.141. The highest BCUT2D eigenvalue weighted by molar-refractivity contribution is 8.16. The van der Waals surface area contributed by atoms with Gasteiger partial charge in [0, 0.05) is 45.9 Å². The van der Waals surface area contributed by atoms with Crippen molar-refractivity contribution >= 4 is 34.7 Å². The molecule has 0 saturated carbocycles. The van der Waals surface area contributed by atoms with Crippen LogP contribution in [0.2, 0.25) is 0 Å². The van der Waals surface area contributed by atoms with Gasteiger partial charge in [0.15, 0.2) is 5.17 Å². The molecule has 10 heteroatoms. The van der Waals surface area contributed by atoms with Crippen LogP contribution in [0.1, 0.15) is 43.0 Å². The molecule has 0 bridgehead atoms. The second-order valence-corrected chi connectivity index (χ2v) is 10.3. The van der Waals surface area contributed by atoms with E-state index in [0.717, 1.165) is 27.6 Å². The number of aliphatic imine (C=N–C) groups is 1. The van der Waals surface area contributed by atoms with Crippen molar-refractivity contribution in [1.82, 2.24) is 14.7 Å². The minimum atomic E-state index is -0.467. The van der Waals surface area contributed by atoms with E-state index < -0.39 is 12.0 Å². The van der Waals surface area contributed by atoms with Crippen LogP contribution in [0.3, 0.4) is 0 Å². The lowest BCUT2D eigenvalue weighted by Gasteiger charge is -2.38. The number of amides is 2. The highest BCUT2D eigenvalue weighted by Gasteiger charge is 2.42. The molecule has 3 aliphatic heterocycles. The third-order valence-corrected chi connectivity index (χ3v) is 7.77. The maximum atomic E-state index is 13.3. The van der Waals surface area contributed by atoms with Crippen LogP contribution in [-0.4, -0.2) is 84.2 Å². The number of thioether (sulfide) groups is 1. The molecule has 4 rings (SSSR count). The summed E-state index contributed by atoms with van der Waals surface area (Å²) in [6, 6.07) is 5.71. The fourth-order valence-corrected chi connectivity index (χ4v) is 5.78. The number of allylic oxidation sites excluding steroid dienone is 1. The Labute approximate surface area is 222 Å². The van der Waals surface area contributed by atoms with Gasteiger partial charge in [-0.15, -0.1) is 0 Å². The number of rotatable bonds is 7. The van der Waals surface area contributed by atoms with Crippen LogP contribution in [0.5, 0.6) is 0 Å². The first-order valence-corrected chi connectivity index (χ1v) is 13.3. The second kappa shape index (κ2) is 11.5. The number of aryl methyl sites for hydroxylation is 2. The number of hydrogen-bond acceptors (Lipinski definition) is 8. The Morgan fingerprint density at radius 1 is 1.05 bits per heavy atom. The van der Waals surface area contributed by atoms with E-state index >= 15 is 0 Å². The summed E-state index contributed by atoms with van der Waals surface area (Å²) in [5, 5.41) is 2.69. The first-order valence-electron chi connectivity index (χ1n) is 12.4. The molecule has 0 radical (unpaired) electrons. The molecule has 1 fully saturated rings. The Balaban J connectivity index is 1.63. The number of amidine groups is 1. The molecule has 3 aliphatic rings. The zero-order valence-corrected chi connectivity index (χ0v) is 22.9. The Bertz CT molecular complexity index is 1180. The van der Waals surface area contributed by atoms with Crippen molar-refractivity contribution in [3.8, 4) is 0 Å². The Morgan fingerprint density at radius 2 is 1.76 bits per heavy atom. The van der Waals surface area contributed by atoms with E-state index in [0.29, 0.717) is 44.1 Å². The van der Waals surface area contributed by atoms with Gasteiger partial charge >= 0.3 is 5.97 Å². The molecule has 0 aliphatic carbocycles. The highest BCUT2D eigenvalue weighted by Crippen LogP contribution is 2.45. The normalized spacial score (nSPS) is 19.5. The van der Waals surface area contributed by atoms with Gasteiger partial charge in [-0.05, 0) is 37.3 Å². The molecule has 0 unspecified atom stereocenters. The van der Waals surface area contributed by atoms with E-state index in [9.17, 15) is 14.4 Å². The van der Waals surface area contributed by atoms with Crippen LogP contribution in [0.4, 0.5) is 0 Å². The number of hydrogen-bond donors (Lipinski definition) is 0. The zero-order chi connectivity index (χ0) is 26.7. The van der Waals surface area contributed by atoms with Gasteiger partial charge in [0.25, 0.3) is 0 Å². The van der Waals surface area contributed by atoms with E-state index in [4.69, 9.17) is 14.5 Å². The number of methoxy groups -OCH3 is 1. The van der Waals surface area contributed by atoms with Gasteiger partial charge in [-0.1, -0.05) is 35.5 Å². The van der Waals surface area contributed by atoms with Crippen molar-refractivity contribution in [2.75, 3.05) is 46.5 Å². The van der Waals surface area contributed by atoms with Crippen molar-refractivity contribution in [3.63, 3.8) is 0 Å². The van der Waals surface area contributed by atoms with E-state index in [-0.39, 0.29) is 24.8 Å². The van der Waals surface area contributed by atoms with Crippen LogP contribution in [-0.2, 0) is 23.9 Å². The first kappa shape index (κ1) is 26.9. The third kappa shape index (κ3) is 5.75. The standard InChI is InChI=1S/C27H34N4O5S/c1-17-6-7-18(2)22(14-17)25-24(26(34)36-13-12-35-5)19(3)28-27-31(25)21(16-37-27)15-23(33)30-10-8-29(9-11-30)20(4)32/h6-7,14,16,25H,8-13,15H2,1-5H3/t25-/m0/s1. The molecule has 3 heterocycles. The SMILES string of the molecule is COCCOC(=O)C1=C(C)N=C2SC=C(CC(=O)N3CCN(C(C)=O)CC3)N2[C@H]1c1cc(C)ccc1C. The summed E-state index contributed by atoms with van der Waals surface area (Å²) in [6.07, 6.45) is 0.179. The van der Waals surface area contributed by atoms with Crippen molar-refractivity contribution in [2.24, 2.45) is 4.99 Å².